The van der Waals surface area contributed by atoms with E-state index < -0.39 is 0 Å². The van der Waals surface area contributed by atoms with Gasteiger partial charge in [0.15, 0.2) is 0 Å². The number of halogens is 1. The van der Waals surface area contributed by atoms with Crippen molar-refractivity contribution >= 4 is 0 Å². The van der Waals surface area contributed by atoms with Crippen LogP contribution in [0.1, 0.15) is 31.2 Å². The van der Waals surface area contributed by atoms with Crippen molar-refractivity contribution in [2.45, 2.75) is 38.3 Å². The van der Waals surface area contributed by atoms with Gasteiger partial charge < -0.3 is 10.1 Å². The Morgan fingerprint density at radius 3 is 2.81 bits per heavy atom. The molecule has 3 heteroatoms. The van der Waals surface area contributed by atoms with Crippen LogP contribution in [0.25, 0.3) is 0 Å². The van der Waals surface area contributed by atoms with Crippen molar-refractivity contribution in [1.29, 1.82) is 0 Å². The standard InChI is InChI=1S/C13H18FNO/c1-16-12-6-7-13(14)10(8-12)9-15-11-4-2-3-5-11/h6-8,11,15H,2-5,9H2,1H3. The molecule has 0 heterocycles. The Balaban J connectivity index is 1.96. The number of benzene rings is 1. The Morgan fingerprint density at radius 1 is 1.38 bits per heavy atom. The van der Waals surface area contributed by atoms with Gasteiger partial charge in [0.2, 0.25) is 0 Å². The van der Waals surface area contributed by atoms with Crippen molar-refractivity contribution < 1.29 is 9.13 Å². The molecule has 0 saturated heterocycles. The van der Waals surface area contributed by atoms with Crippen molar-refractivity contribution in [3.05, 3.63) is 29.6 Å². The van der Waals surface area contributed by atoms with Crippen LogP contribution in [-0.4, -0.2) is 13.2 Å². The maximum Gasteiger partial charge on any atom is 0.127 e. The van der Waals surface area contributed by atoms with E-state index in [0.717, 1.165) is 0 Å². The third kappa shape index (κ3) is 2.73. The van der Waals surface area contributed by atoms with Gasteiger partial charge in [-0.1, -0.05) is 12.8 Å². The molecule has 1 aromatic rings. The van der Waals surface area contributed by atoms with Crippen LogP contribution in [0.15, 0.2) is 18.2 Å². The Bertz CT molecular complexity index is 348. The highest BCUT2D eigenvalue weighted by atomic mass is 19.1. The lowest BCUT2D eigenvalue weighted by Gasteiger charge is -2.12. The molecule has 0 unspecified atom stereocenters. The normalized spacial score (nSPS) is 16.6. The van der Waals surface area contributed by atoms with E-state index in [-0.39, 0.29) is 5.82 Å². The minimum Gasteiger partial charge on any atom is -0.497 e. The second-order valence-electron chi connectivity index (χ2n) is 4.32. The molecule has 1 aliphatic carbocycles. The van der Waals surface area contributed by atoms with E-state index in [0.29, 0.717) is 23.9 Å². The van der Waals surface area contributed by atoms with E-state index >= 15 is 0 Å². The molecule has 0 bridgehead atoms. The molecule has 0 spiro atoms. The fourth-order valence-corrected chi connectivity index (χ4v) is 2.20. The van der Waals surface area contributed by atoms with E-state index in [1.165, 1.54) is 31.7 Å². The molecule has 0 atom stereocenters. The zero-order chi connectivity index (χ0) is 11.4. The Hall–Kier alpha value is -1.09. The van der Waals surface area contributed by atoms with Gasteiger partial charge in [-0.2, -0.15) is 0 Å². The van der Waals surface area contributed by atoms with Crippen molar-refractivity contribution in [2.24, 2.45) is 0 Å². The van der Waals surface area contributed by atoms with Crippen LogP contribution in [0.2, 0.25) is 0 Å². The average molecular weight is 223 g/mol. The molecule has 1 saturated carbocycles. The summed E-state index contributed by atoms with van der Waals surface area (Å²) in [4.78, 5) is 0. The molecule has 1 N–H and O–H groups in total. The Labute approximate surface area is 95.8 Å². The largest absolute Gasteiger partial charge is 0.497 e. The first-order chi connectivity index (χ1) is 7.79. The van der Waals surface area contributed by atoms with E-state index in [9.17, 15) is 4.39 Å². The first kappa shape index (κ1) is 11.4. The predicted molar refractivity (Wildman–Crippen MR) is 62.0 cm³/mol. The zero-order valence-corrected chi connectivity index (χ0v) is 9.63. The topological polar surface area (TPSA) is 21.3 Å². The molecule has 16 heavy (non-hydrogen) atoms. The first-order valence-electron chi connectivity index (χ1n) is 5.85. The van der Waals surface area contributed by atoms with Crippen LogP contribution in [0.3, 0.4) is 0 Å². The number of nitrogens with one attached hydrogen (secondary N) is 1. The van der Waals surface area contributed by atoms with E-state index in [1.807, 2.05) is 0 Å². The fourth-order valence-electron chi connectivity index (χ4n) is 2.20. The van der Waals surface area contributed by atoms with Gasteiger partial charge in [0.1, 0.15) is 11.6 Å². The van der Waals surface area contributed by atoms with Crippen LogP contribution in [0.4, 0.5) is 4.39 Å². The van der Waals surface area contributed by atoms with E-state index in [1.54, 1.807) is 19.2 Å². The second-order valence-corrected chi connectivity index (χ2v) is 4.32. The summed E-state index contributed by atoms with van der Waals surface area (Å²) < 4.78 is 18.6. The second kappa shape index (κ2) is 5.30. The van der Waals surface area contributed by atoms with Gasteiger partial charge in [-0.15, -0.1) is 0 Å². The van der Waals surface area contributed by atoms with Gasteiger partial charge in [-0.25, -0.2) is 4.39 Å². The highest BCUT2D eigenvalue weighted by Crippen LogP contribution is 2.20. The van der Waals surface area contributed by atoms with Crippen LogP contribution in [-0.2, 0) is 6.54 Å². The summed E-state index contributed by atoms with van der Waals surface area (Å²) >= 11 is 0. The summed E-state index contributed by atoms with van der Waals surface area (Å²) in [7, 11) is 1.60. The summed E-state index contributed by atoms with van der Waals surface area (Å²) in [5, 5.41) is 3.39. The minimum atomic E-state index is -0.161. The van der Waals surface area contributed by atoms with Crippen molar-refractivity contribution in [3.63, 3.8) is 0 Å². The number of methoxy groups -OCH3 is 1. The highest BCUT2D eigenvalue weighted by Gasteiger charge is 2.14. The molecule has 88 valence electrons. The molecule has 1 aromatic carbocycles. The highest BCUT2D eigenvalue weighted by molar-refractivity contribution is 5.29. The quantitative estimate of drug-likeness (QED) is 0.847. The maximum atomic E-state index is 13.5. The Morgan fingerprint density at radius 2 is 2.12 bits per heavy atom. The summed E-state index contributed by atoms with van der Waals surface area (Å²) in [6.45, 7) is 0.591. The number of hydrogen-bond acceptors (Lipinski definition) is 2. The molecule has 2 nitrogen and oxygen atoms in total. The molecular weight excluding hydrogens is 205 g/mol. The van der Waals surface area contributed by atoms with Crippen molar-refractivity contribution in [1.82, 2.24) is 5.32 Å². The van der Waals surface area contributed by atoms with Gasteiger partial charge in [-0.05, 0) is 31.0 Å². The monoisotopic (exact) mass is 223 g/mol. The van der Waals surface area contributed by atoms with Gasteiger partial charge in [0, 0.05) is 18.2 Å². The van der Waals surface area contributed by atoms with Crippen LogP contribution in [0.5, 0.6) is 5.75 Å². The molecular formula is C13H18FNO. The fraction of sp³-hybridized carbons (Fsp3) is 0.538. The lowest BCUT2D eigenvalue weighted by molar-refractivity contribution is 0.411. The van der Waals surface area contributed by atoms with Crippen molar-refractivity contribution in [3.8, 4) is 5.75 Å². The minimum absolute atomic E-state index is 0.161. The lowest BCUT2D eigenvalue weighted by atomic mass is 10.1. The summed E-state index contributed by atoms with van der Waals surface area (Å²) in [6, 6.07) is 5.43. The molecule has 0 aromatic heterocycles. The van der Waals surface area contributed by atoms with Gasteiger partial charge >= 0.3 is 0 Å². The molecule has 2 rings (SSSR count). The third-order valence-electron chi connectivity index (χ3n) is 3.19. The molecule has 0 radical (unpaired) electrons. The van der Waals surface area contributed by atoms with Crippen molar-refractivity contribution in [2.75, 3.05) is 7.11 Å². The zero-order valence-electron chi connectivity index (χ0n) is 9.63. The SMILES string of the molecule is COc1ccc(F)c(CNC2CCCC2)c1. The summed E-state index contributed by atoms with van der Waals surface area (Å²) in [6.07, 6.45) is 5.01. The third-order valence-corrected chi connectivity index (χ3v) is 3.19. The predicted octanol–water partition coefficient (Wildman–Crippen LogP) is 2.87. The lowest BCUT2D eigenvalue weighted by Crippen LogP contribution is -2.25. The van der Waals surface area contributed by atoms with Crippen LogP contribution < -0.4 is 10.1 Å². The molecule has 0 amide bonds. The molecule has 0 aliphatic heterocycles. The molecule has 1 aliphatic rings. The van der Waals surface area contributed by atoms with E-state index in [4.69, 9.17) is 4.74 Å². The number of hydrogen-bond donors (Lipinski definition) is 1. The Kier molecular flexibility index (Phi) is 3.78. The first-order valence-corrected chi connectivity index (χ1v) is 5.85. The van der Waals surface area contributed by atoms with E-state index in [2.05, 4.69) is 5.32 Å². The molecule has 1 fully saturated rings. The van der Waals surface area contributed by atoms with Gasteiger partial charge in [0.25, 0.3) is 0 Å². The van der Waals surface area contributed by atoms with Crippen LogP contribution in [0, 0.1) is 5.82 Å². The number of rotatable bonds is 4. The summed E-state index contributed by atoms with van der Waals surface area (Å²) in [5.41, 5.74) is 0.686. The average Bonchev–Trinajstić information content (AvgIpc) is 2.81. The smallest absolute Gasteiger partial charge is 0.127 e. The maximum absolute atomic E-state index is 13.5. The number of ether oxygens (including phenoxy) is 1. The van der Waals surface area contributed by atoms with Crippen LogP contribution >= 0.6 is 0 Å². The van der Waals surface area contributed by atoms with Gasteiger partial charge in [-0.3, -0.25) is 0 Å². The summed E-state index contributed by atoms with van der Waals surface area (Å²) in [5.74, 6) is 0.552. The van der Waals surface area contributed by atoms with Gasteiger partial charge in [0.05, 0.1) is 7.11 Å².